The number of halogens is 1. The van der Waals surface area contributed by atoms with Crippen molar-refractivity contribution in [3.05, 3.63) is 89.2 Å². The minimum absolute atomic E-state index is 0.0433. The molecule has 7 nitrogen and oxygen atoms in total. The van der Waals surface area contributed by atoms with E-state index in [4.69, 9.17) is 9.47 Å². The predicted molar refractivity (Wildman–Crippen MR) is 124 cm³/mol. The van der Waals surface area contributed by atoms with E-state index in [0.29, 0.717) is 34.0 Å². The summed E-state index contributed by atoms with van der Waals surface area (Å²) < 4.78 is 24.9. The van der Waals surface area contributed by atoms with Crippen LogP contribution in [0.2, 0.25) is 0 Å². The van der Waals surface area contributed by atoms with Crippen LogP contribution in [0.4, 0.5) is 10.1 Å². The van der Waals surface area contributed by atoms with E-state index in [9.17, 15) is 14.0 Å². The van der Waals surface area contributed by atoms with Crippen molar-refractivity contribution < 1.29 is 23.5 Å². The molecule has 0 unspecified atom stereocenters. The lowest BCUT2D eigenvalue weighted by Crippen LogP contribution is -2.32. The third-order valence-electron chi connectivity index (χ3n) is 4.76. The average Bonchev–Trinajstić information content (AvgIpc) is 2.83. The summed E-state index contributed by atoms with van der Waals surface area (Å²) in [5, 5.41) is 6.50. The number of carbonyl (C=O) groups excluding carboxylic acids is 2. The summed E-state index contributed by atoms with van der Waals surface area (Å²) in [4.78, 5) is 24.1. The van der Waals surface area contributed by atoms with E-state index < -0.39 is 11.8 Å². The van der Waals surface area contributed by atoms with E-state index in [1.54, 1.807) is 55.5 Å². The molecule has 170 valence electrons. The maximum absolute atomic E-state index is 13.8. The van der Waals surface area contributed by atoms with E-state index in [0.717, 1.165) is 5.56 Å². The van der Waals surface area contributed by atoms with E-state index >= 15 is 0 Å². The van der Waals surface area contributed by atoms with Crippen LogP contribution in [0, 0.1) is 12.7 Å². The minimum Gasteiger partial charge on any atom is -0.493 e. The second-order valence-corrected chi connectivity index (χ2v) is 7.20. The molecule has 2 N–H and O–H groups in total. The van der Waals surface area contributed by atoms with Crippen molar-refractivity contribution in [1.29, 1.82) is 0 Å². The lowest BCUT2D eigenvalue weighted by Gasteiger charge is -2.13. The van der Waals surface area contributed by atoms with Gasteiger partial charge in [-0.25, -0.2) is 9.82 Å². The number of anilines is 1. The number of benzene rings is 3. The van der Waals surface area contributed by atoms with Gasteiger partial charge in [-0.2, -0.15) is 5.10 Å². The van der Waals surface area contributed by atoms with Crippen LogP contribution in [0.25, 0.3) is 0 Å². The van der Waals surface area contributed by atoms with Gasteiger partial charge in [0.1, 0.15) is 12.4 Å². The smallest absolute Gasteiger partial charge is 0.329 e. The third-order valence-corrected chi connectivity index (χ3v) is 4.76. The molecule has 0 aromatic heterocycles. The number of hydrogen-bond donors (Lipinski definition) is 2. The summed E-state index contributed by atoms with van der Waals surface area (Å²) in [5.41, 5.74) is 5.31. The molecule has 2 amide bonds. The van der Waals surface area contributed by atoms with Crippen LogP contribution in [0.5, 0.6) is 11.5 Å². The van der Waals surface area contributed by atoms with E-state index in [-0.39, 0.29) is 12.4 Å². The number of ether oxygens (including phenoxy) is 2. The lowest BCUT2D eigenvalue weighted by molar-refractivity contribution is -0.136. The summed E-state index contributed by atoms with van der Waals surface area (Å²) in [6, 6.07) is 18.5. The largest absolute Gasteiger partial charge is 0.493 e. The lowest BCUT2D eigenvalue weighted by atomic mass is 10.1. The number of amides is 2. The number of aryl methyl sites for hydroxylation is 1. The number of methoxy groups -OCH3 is 1. The molecule has 0 aliphatic heterocycles. The van der Waals surface area contributed by atoms with Gasteiger partial charge in [0.25, 0.3) is 0 Å². The van der Waals surface area contributed by atoms with Crippen molar-refractivity contribution in [3.63, 3.8) is 0 Å². The quantitative estimate of drug-likeness (QED) is 0.321. The molecule has 3 aromatic rings. The first-order valence-corrected chi connectivity index (χ1v) is 10.1. The van der Waals surface area contributed by atoms with E-state index in [1.165, 1.54) is 13.2 Å². The molecule has 0 aliphatic rings. The molecular formula is C25H24FN3O4. The van der Waals surface area contributed by atoms with Crippen molar-refractivity contribution in [2.45, 2.75) is 20.5 Å². The van der Waals surface area contributed by atoms with Gasteiger partial charge in [-0.15, -0.1) is 0 Å². The fraction of sp³-hybridized carbons (Fsp3) is 0.160. The van der Waals surface area contributed by atoms with Crippen molar-refractivity contribution >= 4 is 23.2 Å². The predicted octanol–water partition coefficient (Wildman–Crippen LogP) is 4.20. The molecular weight excluding hydrogens is 425 g/mol. The summed E-state index contributed by atoms with van der Waals surface area (Å²) in [6.07, 6.45) is 0. The van der Waals surface area contributed by atoms with Crippen molar-refractivity contribution in [2.75, 3.05) is 12.4 Å². The first-order chi connectivity index (χ1) is 15.9. The Morgan fingerprint density at radius 1 is 0.970 bits per heavy atom. The SMILES string of the molecule is COc1cc(C(C)=NNC(=O)C(=O)Nc2ccc(C)cc2)ccc1OCc1ccccc1F. The highest BCUT2D eigenvalue weighted by molar-refractivity contribution is 6.39. The summed E-state index contributed by atoms with van der Waals surface area (Å²) in [5.74, 6) is -1.23. The minimum atomic E-state index is -0.897. The maximum Gasteiger partial charge on any atom is 0.329 e. The maximum atomic E-state index is 13.8. The monoisotopic (exact) mass is 449 g/mol. The Labute approximate surface area is 191 Å². The number of hydrogen-bond acceptors (Lipinski definition) is 5. The van der Waals surface area contributed by atoms with Gasteiger partial charge in [-0.05, 0) is 50.2 Å². The van der Waals surface area contributed by atoms with E-state index in [1.807, 2.05) is 19.1 Å². The van der Waals surface area contributed by atoms with Gasteiger partial charge in [0.15, 0.2) is 11.5 Å². The van der Waals surface area contributed by atoms with Gasteiger partial charge < -0.3 is 14.8 Å². The normalized spacial score (nSPS) is 11.0. The zero-order valence-corrected chi connectivity index (χ0v) is 18.5. The molecule has 8 heteroatoms. The topological polar surface area (TPSA) is 89.0 Å². The first kappa shape index (κ1) is 23.5. The molecule has 0 radical (unpaired) electrons. The van der Waals surface area contributed by atoms with Gasteiger partial charge in [-0.3, -0.25) is 9.59 Å². The van der Waals surface area contributed by atoms with Gasteiger partial charge in [-0.1, -0.05) is 35.9 Å². The molecule has 3 aromatic carbocycles. The molecule has 0 aliphatic carbocycles. The zero-order chi connectivity index (χ0) is 23.8. The van der Waals surface area contributed by atoms with Gasteiger partial charge in [0, 0.05) is 16.8 Å². The fourth-order valence-corrected chi connectivity index (χ4v) is 2.86. The van der Waals surface area contributed by atoms with Crippen LogP contribution in [-0.4, -0.2) is 24.6 Å². The molecule has 3 rings (SSSR count). The summed E-state index contributed by atoms with van der Waals surface area (Å²) >= 11 is 0. The van der Waals surface area contributed by atoms with Crippen molar-refractivity contribution in [2.24, 2.45) is 5.10 Å². The van der Waals surface area contributed by atoms with Crippen LogP contribution in [0.15, 0.2) is 71.8 Å². The molecule has 33 heavy (non-hydrogen) atoms. The first-order valence-electron chi connectivity index (χ1n) is 10.1. The molecule has 0 fully saturated rings. The number of rotatable bonds is 7. The Morgan fingerprint density at radius 3 is 2.39 bits per heavy atom. The van der Waals surface area contributed by atoms with Gasteiger partial charge in [0.2, 0.25) is 0 Å². The van der Waals surface area contributed by atoms with Gasteiger partial charge >= 0.3 is 11.8 Å². The number of nitrogens with zero attached hydrogens (tertiary/aromatic N) is 1. The Bertz CT molecular complexity index is 1180. The molecule has 0 saturated carbocycles. The Balaban J connectivity index is 1.63. The second kappa shape index (κ2) is 10.9. The zero-order valence-electron chi connectivity index (χ0n) is 18.5. The highest BCUT2D eigenvalue weighted by atomic mass is 19.1. The third kappa shape index (κ3) is 6.39. The van der Waals surface area contributed by atoms with Crippen molar-refractivity contribution in [1.82, 2.24) is 5.43 Å². The van der Waals surface area contributed by atoms with Crippen LogP contribution in [-0.2, 0) is 16.2 Å². The van der Waals surface area contributed by atoms with E-state index in [2.05, 4.69) is 15.8 Å². The fourth-order valence-electron chi connectivity index (χ4n) is 2.86. The van der Waals surface area contributed by atoms with Crippen LogP contribution in [0.3, 0.4) is 0 Å². The summed E-state index contributed by atoms with van der Waals surface area (Å²) in [6.45, 7) is 3.64. The number of carbonyl (C=O) groups is 2. The van der Waals surface area contributed by atoms with Gasteiger partial charge in [0.05, 0.1) is 12.8 Å². The van der Waals surface area contributed by atoms with Crippen LogP contribution < -0.4 is 20.2 Å². The Hall–Kier alpha value is -4.20. The van der Waals surface area contributed by atoms with Crippen LogP contribution >= 0.6 is 0 Å². The van der Waals surface area contributed by atoms with Crippen molar-refractivity contribution in [3.8, 4) is 11.5 Å². The molecule has 0 bridgehead atoms. The highest BCUT2D eigenvalue weighted by Crippen LogP contribution is 2.29. The average molecular weight is 449 g/mol. The Morgan fingerprint density at radius 2 is 1.70 bits per heavy atom. The molecule has 0 heterocycles. The molecule has 0 saturated heterocycles. The number of nitrogens with one attached hydrogen (secondary N) is 2. The van der Waals surface area contributed by atoms with Crippen LogP contribution in [0.1, 0.15) is 23.6 Å². The summed E-state index contributed by atoms with van der Waals surface area (Å²) in [7, 11) is 1.48. The second-order valence-electron chi connectivity index (χ2n) is 7.20. The highest BCUT2D eigenvalue weighted by Gasteiger charge is 2.14. The molecule has 0 atom stereocenters. The standard InChI is InChI=1S/C25H24FN3O4/c1-16-8-11-20(12-9-16)27-24(30)25(31)29-28-17(2)18-10-13-22(23(14-18)32-3)33-15-19-6-4-5-7-21(19)26/h4-14H,15H2,1-3H3,(H,27,30)(H,29,31). The number of hydrazone groups is 1. The molecule has 0 spiro atoms. The Kier molecular flexibility index (Phi) is 7.75.